The summed E-state index contributed by atoms with van der Waals surface area (Å²) in [5.74, 6) is 0.723. The highest BCUT2D eigenvalue weighted by molar-refractivity contribution is 5.95. The topological polar surface area (TPSA) is 103 Å². The number of carbonyl (C=O) groups is 1. The Kier molecular flexibility index (Phi) is 5.67. The molecule has 0 aromatic heterocycles. The number of hydrazone groups is 1. The molecule has 0 aliphatic heterocycles. The molecule has 0 aliphatic rings. The molecule has 130 valence electrons. The van der Waals surface area contributed by atoms with Gasteiger partial charge in [0, 0.05) is 22.8 Å². The average molecular weight is 343 g/mol. The standard InChI is InChI=1S/C17H17N3O5/c1-11-8-12(4-6-15(11)20(22)23)17(21)19-18-10-13-9-14(24-2)5-7-16(13)25-3/h4-10H,1-3H3,(H,19,21)/b18-10+. The minimum absolute atomic E-state index is 0.0406. The molecule has 2 rings (SSSR count). The molecular formula is C17H17N3O5. The highest BCUT2D eigenvalue weighted by atomic mass is 16.6. The largest absolute Gasteiger partial charge is 0.497 e. The lowest BCUT2D eigenvalue weighted by molar-refractivity contribution is -0.385. The van der Waals surface area contributed by atoms with Gasteiger partial charge >= 0.3 is 0 Å². The van der Waals surface area contributed by atoms with Crippen LogP contribution in [0.3, 0.4) is 0 Å². The molecule has 0 atom stereocenters. The highest BCUT2D eigenvalue weighted by Gasteiger charge is 2.13. The van der Waals surface area contributed by atoms with Crippen molar-refractivity contribution < 1.29 is 19.2 Å². The van der Waals surface area contributed by atoms with Crippen LogP contribution in [0.4, 0.5) is 5.69 Å². The van der Waals surface area contributed by atoms with Crippen LogP contribution in [0.15, 0.2) is 41.5 Å². The second kappa shape index (κ2) is 7.91. The summed E-state index contributed by atoms with van der Waals surface area (Å²) in [7, 11) is 3.07. The Morgan fingerprint density at radius 2 is 1.96 bits per heavy atom. The van der Waals surface area contributed by atoms with E-state index in [4.69, 9.17) is 9.47 Å². The van der Waals surface area contributed by atoms with E-state index in [0.29, 0.717) is 22.6 Å². The molecule has 0 heterocycles. The van der Waals surface area contributed by atoms with E-state index in [1.54, 1.807) is 32.2 Å². The number of ether oxygens (including phenoxy) is 2. The Balaban J connectivity index is 2.13. The van der Waals surface area contributed by atoms with Crippen molar-refractivity contribution in [1.82, 2.24) is 5.43 Å². The zero-order valence-electron chi connectivity index (χ0n) is 14.0. The molecule has 0 bridgehead atoms. The molecule has 0 radical (unpaired) electrons. The summed E-state index contributed by atoms with van der Waals surface area (Å²) in [6.07, 6.45) is 1.43. The predicted molar refractivity (Wildman–Crippen MR) is 92.4 cm³/mol. The highest BCUT2D eigenvalue weighted by Crippen LogP contribution is 2.22. The Hall–Kier alpha value is -3.42. The lowest BCUT2D eigenvalue weighted by Gasteiger charge is -2.07. The summed E-state index contributed by atoms with van der Waals surface area (Å²) in [6.45, 7) is 1.57. The first-order valence-corrected chi connectivity index (χ1v) is 7.26. The molecule has 2 aromatic rings. The maximum atomic E-state index is 12.1. The molecule has 0 unspecified atom stereocenters. The molecule has 1 amide bonds. The Morgan fingerprint density at radius 3 is 2.56 bits per heavy atom. The Morgan fingerprint density at radius 1 is 1.20 bits per heavy atom. The lowest BCUT2D eigenvalue weighted by Crippen LogP contribution is -2.17. The third-order valence-corrected chi connectivity index (χ3v) is 3.46. The smallest absolute Gasteiger partial charge is 0.272 e. The quantitative estimate of drug-likeness (QED) is 0.493. The number of nitrogens with zero attached hydrogens (tertiary/aromatic N) is 2. The fourth-order valence-corrected chi connectivity index (χ4v) is 2.17. The molecule has 8 nitrogen and oxygen atoms in total. The summed E-state index contributed by atoms with van der Waals surface area (Å²) < 4.78 is 10.4. The zero-order chi connectivity index (χ0) is 18.4. The van der Waals surface area contributed by atoms with Crippen LogP contribution in [0.5, 0.6) is 11.5 Å². The van der Waals surface area contributed by atoms with Crippen LogP contribution in [-0.4, -0.2) is 31.3 Å². The number of rotatable bonds is 6. The number of hydrogen-bond donors (Lipinski definition) is 1. The Bertz CT molecular complexity index is 833. The molecule has 25 heavy (non-hydrogen) atoms. The van der Waals surface area contributed by atoms with Crippen LogP contribution in [0, 0.1) is 17.0 Å². The van der Waals surface area contributed by atoms with E-state index in [1.165, 1.54) is 31.5 Å². The van der Waals surface area contributed by atoms with E-state index in [0.717, 1.165) is 0 Å². The minimum atomic E-state index is -0.496. The number of nitro benzene ring substituents is 1. The van der Waals surface area contributed by atoms with Gasteiger partial charge in [-0.05, 0) is 37.3 Å². The van der Waals surface area contributed by atoms with Gasteiger partial charge in [0.15, 0.2) is 0 Å². The van der Waals surface area contributed by atoms with Crippen LogP contribution >= 0.6 is 0 Å². The van der Waals surface area contributed by atoms with Crippen LogP contribution < -0.4 is 14.9 Å². The van der Waals surface area contributed by atoms with Gasteiger partial charge in [-0.1, -0.05) is 0 Å². The normalized spacial score (nSPS) is 10.5. The number of nitrogens with one attached hydrogen (secondary N) is 1. The summed E-state index contributed by atoms with van der Waals surface area (Å²) in [5, 5.41) is 14.7. The summed E-state index contributed by atoms with van der Waals surface area (Å²) in [4.78, 5) is 22.4. The van der Waals surface area contributed by atoms with Crippen molar-refractivity contribution in [1.29, 1.82) is 0 Å². The number of methoxy groups -OCH3 is 2. The Labute approximate surface area is 144 Å². The van der Waals surface area contributed by atoms with Crippen LogP contribution in [0.1, 0.15) is 21.5 Å². The van der Waals surface area contributed by atoms with Crippen molar-refractivity contribution in [2.75, 3.05) is 14.2 Å². The molecule has 0 spiro atoms. The van der Waals surface area contributed by atoms with Crippen molar-refractivity contribution in [2.24, 2.45) is 5.10 Å². The third kappa shape index (κ3) is 4.31. The monoisotopic (exact) mass is 343 g/mol. The number of benzene rings is 2. The maximum absolute atomic E-state index is 12.1. The molecular weight excluding hydrogens is 326 g/mol. The fraction of sp³-hybridized carbons (Fsp3) is 0.176. The van der Waals surface area contributed by atoms with E-state index in [9.17, 15) is 14.9 Å². The number of carbonyl (C=O) groups excluding carboxylic acids is 1. The van der Waals surface area contributed by atoms with Gasteiger partial charge in [-0.3, -0.25) is 14.9 Å². The molecule has 1 N–H and O–H groups in total. The number of hydrogen-bond acceptors (Lipinski definition) is 6. The summed E-state index contributed by atoms with van der Waals surface area (Å²) in [6, 6.07) is 9.29. The van der Waals surface area contributed by atoms with Crippen LogP contribution in [-0.2, 0) is 0 Å². The molecule has 0 saturated heterocycles. The first-order valence-electron chi connectivity index (χ1n) is 7.26. The van der Waals surface area contributed by atoms with Crippen molar-refractivity contribution >= 4 is 17.8 Å². The first-order chi connectivity index (χ1) is 12.0. The molecule has 8 heteroatoms. The van der Waals surface area contributed by atoms with Crippen molar-refractivity contribution in [3.8, 4) is 11.5 Å². The first kappa shape index (κ1) is 17.9. The van der Waals surface area contributed by atoms with E-state index in [1.807, 2.05) is 0 Å². The average Bonchev–Trinajstić information content (AvgIpc) is 2.61. The van der Waals surface area contributed by atoms with E-state index >= 15 is 0 Å². The predicted octanol–water partition coefficient (Wildman–Crippen LogP) is 2.68. The van der Waals surface area contributed by atoms with Gasteiger partial charge < -0.3 is 9.47 Å². The van der Waals surface area contributed by atoms with Gasteiger partial charge in [0.2, 0.25) is 0 Å². The van der Waals surface area contributed by atoms with Crippen molar-refractivity contribution in [2.45, 2.75) is 6.92 Å². The SMILES string of the molecule is COc1ccc(OC)c(/C=N/NC(=O)c2ccc([N+](=O)[O-])c(C)c2)c1. The number of aryl methyl sites for hydroxylation is 1. The van der Waals surface area contributed by atoms with Gasteiger partial charge in [-0.25, -0.2) is 5.43 Å². The molecule has 2 aromatic carbocycles. The van der Waals surface area contributed by atoms with E-state index in [2.05, 4.69) is 10.5 Å². The second-order valence-electron chi connectivity index (χ2n) is 5.07. The van der Waals surface area contributed by atoms with Crippen LogP contribution in [0.25, 0.3) is 0 Å². The van der Waals surface area contributed by atoms with Gasteiger partial charge in [0.1, 0.15) is 11.5 Å². The van der Waals surface area contributed by atoms with E-state index < -0.39 is 10.8 Å². The minimum Gasteiger partial charge on any atom is -0.497 e. The van der Waals surface area contributed by atoms with Gasteiger partial charge in [-0.15, -0.1) is 0 Å². The van der Waals surface area contributed by atoms with Crippen molar-refractivity contribution in [3.63, 3.8) is 0 Å². The van der Waals surface area contributed by atoms with Crippen LogP contribution in [0.2, 0.25) is 0 Å². The summed E-state index contributed by atoms with van der Waals surface area (Å²) in [5.41, 5.74) is 3.64. The molecule has 0 aliphatic carbocycles. The van der Waals surface area contributed by atoms with Gasteiger partial charge in [0.25, 0.3) is 11.6 Å². The van der Waals surface area contributed by atoms with Crippen molar-refractivity contribution in [3.05, 3.63) is 63.2 Å². The molecule has 0 fully saturated rings. The summed E-state index contributed by atoms with van der Waals surface area (Å²) >= 11 is 0. The third-order valence-electron chi connectivity index (χ3n) is 3.46. The molecule has 0 saturated carbocycles. The van der Waals surface area contributed by atoms with Gasteiger partial charge in [0.05, 0.1) is 25.4 Å². The fourth-order valence-electron chi connectivity index (χ4n) is 2.17. The second-order valence-corrected chi connectivity index (χ2v) is 5.07. The maximum Gasteiger partial charge on any atom is 0.272 e. The van der Waals surface area contributed by atoms with Gasteiger partial charge in [-0.2, -0.15) is 5.10 Å². The number of amides is 1. The lowest BCUT2D eigenvalue weighted by atomic mass is 10.1. The number of nitro groups is 1. The van der Waals surface area contributed by atoms with E-state index in [-0.39, 0.29) is 11.3 Å². The zero-order valence-corrected chi connectivity index (χ0v) is 14.0.